The van der Waals surface area contributed by atoms with E-state index in [0.29, 0.717) is 15.5 Å². The highest BCUT2D eigenvalue weighted by molar-refractivity contribution is 7.20. The van der Waals surface area contributed by atoms with Crippen molar-refractivity contribution in [1.82, 2.24) is 9.78 Å². The van der Waals surface area contributed by atoms with E-state index in [1.54, 1.807) is 35.0 Å². The minimum absolute atomic E-state index is 0.0425. The lowest BCUT2D eigenvalue weighted by Gasteiger charge is -2.04. The summed E-state index contributed by atoms with van der Waals surface area (Å²) in [5, 5.41) is 16.9. The average Bonchev–Trinajstić information content (AvgIpc) is 3.28. The molecule has 0 aliphatic carbocycles. The van der Waals surface area contributed by atoms with Gasteiger partial charge in [-0.2, -0.15) is 5.10 Å². The van der Waals surface area contributed by atoms with Gasteiger partial charge >= 0.3 is 5.97 Å². The summed E-state index contributed by atoms with van der Waals surface area (Å²) in [7, 11) is 0. The number of ether oxygens (including phenoxy) is 1. The van der Waals surface area contributed by atoms with Crippen LogP contribution >= 0.6 is 22.9 Å². The molecule has 9 heteroatoms. The van der Waals surface area contributed by atoms with Gasteiger partial charge in [0.05, 0.1) is 16.3 Å². The zero-order chi connectivity index (χ0) is 20.5. The number of aryl methyl sites for hydroxylation is 1. The second-order valence-electron chi connectivity index (χ2n) is 6.31. The highest BCUT2D eigenvalue weighted by Crippen LogP contribution is 2.31. The summed E-state index contributed by atoms with van der Waals surface area (Å²) in [6.07, 6.45) is 0. The van der Waals surface area contributed by atoms with Gasteiger partial charge in [0.2, 0.25) is 0 Å². The first kappa shape index (κ1) is 19.1. The van der Waals surface area contributed by atoms with Gasteiger partial charge in [0.15, 0.2) is 0 Å². The third-order valence-electron chi connectivity index (χ3n) is 4.31. The lowest BCUT2D eigenvalue weighted by molar-refractivity contribution is -0.384. The topological polar surface area (TPSA) is 87.3 Å². The van der Waals surface area contributed by atoms with E-state index >= 15 is 0 Å². The fraction of sp³-hybridized carbons (Fsp3) is 0.100. The number of halogens is 1. The molecule has 0 aliphatic heterocycles. The molecular weight excluding hydrogens is 414 g/mol. The van der Waals surface area contributed by atoms with E-state index in [4.69, 9.17) is 16.3 Å². The number of nitrogens with zero attached hydrogens (tertiary/aromatic N) is 3. The Morgan fingerprint density at radius 3 is 2.72 bits per heavy atom. The number of fused-ring (bicyclic) bond motifs is 1. The summed E-state index contributed by atoms with van der Waals surface area (Å²) in [5.41, 5.74) is 2.14. The van der Waals surface area contributed by atoms with Gasteiger partial charge in [-0.3, -0.25) is 10.1 Å². The highest BCUT2D eigenvalue weighted by atomic mass is 35.5. The Bertz CT molecular complexity index is 1230. The first-order valence-corrected chi connectivity index (χ1v) is 9.77. The van der Waals surface area contributed by atoms with E-state index < -0.39 is 10.9 Å². The maximum absolute atomic E-state index is 12.5. The molecule has 0 spiro atoms. The zero-order valence-electron chi connectivity index (χ0n) is 15.2. The summed E-state index contributed by atoms with van der Waals surface area (Å²) >= 11 is 7.23. The Balaban J connectivity index is 1.57. The van der Waals surface area contributed by atoms with Crippen LogP contribution in [0.25, 0.3) is 15.9 Å². The van der Waals surface area contributed by atoms with Crippen molar-refractivity contribution in [3.63, 3.8) is 0 Å². The van der Waals surface area contributed by atoms with Crippen molar-refractivity contribution in [2.24, 2.45) is 0 Å². The second kappa shape index (κ2) is 7.65. The number of thiophene rings is 1. The van der Waals surface area contributed by atoms with Crippen LogP contribution in [-0.2, 0) is 11.3 Å². The first-order valence-electron chi connectivity index (χ1n) is 8.58. The number of nitro benzene ring substituents is 1. The molecule has 0 N–H and O–H groups in total. The standard InChI is InChI=1S/C20H14ClN3O4S/c1-12-17-10-18(20(25)28-11-13-3-2-4-16(9-13)24(26)27)29-19(17)23(22-12)15-7-5-14(21)6-8-15/h2-10H,11H2,1H3. The van der Waals surface area contributed by atoms with E-state index in [1.165, 1.54) is 23.5 Å². The highest BCUT2D eigenvalue weighted by Gasteiger charge is 2.18. The van der Waals surface area contributed by atoms with Crippen LogP contribution in [0.4, 0.5) is 5.69 Å². The molecule has 4 aromatic rings. The number of rotatable bonds is 5. The molecule has 146 valence electrons. The van der Waals surface area contributed by atoms with Gasteiger partial charge in [-0.15, -0.1) is 11.3 Å². The quantitative estimate of drug-likeness (QED) is 0.244. The van der Waals surface area contributed by atoms with Crippen molar-refractivity contribution >= 4 is 44.8 Å². The molecule has 2 aromatic carbocycles. The van der Waals surface area contributed by atoms with Gasteiger partial charge < -0.3 is 4.74 Å². The van der Waals surface area contributed by atoms with Crippen LogP contribution in [0.1, 0.15) is 20.9 Å². The molecule has 0 bridgehead atoms. The third kappa shape index (κ3) is 3.85. The molecule has 0 unspecified atom stereocenters. The Morgan fingerprint density at radius 1 is 1.24 bits per heavy atom. The van der Waals surface area contributed by atoms with Crippen LogP contribution in [-0.4, -0.2) is 20.7 Å². The van der Waals surface area contributed by atoms with E-state index in [-0.39, 0.29) is 12.3 Å². The summed E-state index contributed by atoms with van der Waals surface area (Å²) in [6.45, 7) is 1.83. The number of carbonyl (C=O) groups is 1. The normalized spacial score (nSPS) is 11.0. The van der Waals surface area contributed by atoms with Gasteiger partial charge in [-0.25, -0.2) is 9.48 Å². The summed E-state index contributed by atoms with van der Waals surface area (Å²) < 4.78 is 7.12. The predicted octanol–water partition coefficient (Wildman–Crippen LogP) is 5.31. The number of benzene rings is 2. The molecule has 2 heterocycles. The molecule has 7 nitrogen and oxygen atoms in total. The minimum Gasteiger partial charge on any atom is -0.457 e. The minimum atomic E-state index is -0.486. The lowest BCUT2D eigenvalue weighted by atomic mass is 10.2. The average molecular weight is 428 g/mol. The van der Waals surface area contributed by atoms with Crippen LogP contribution < -0.4 is 0 Å². The molecule has 0 radical (unpaired) electrons. The molecule has 29 heavy (non-hydrogen) atoms. The zero-order valence-corrected chi connectivity index (χ0v) is 16.7. The largest absolute Gasteiger partial charge is 0.457 e. The van der Waals surface area contributed by atoms with Crippen LogP contribution in [0, 0.1) is 17.0 Å². The molecule has 0 atom stereocenters. The number of non-ortho nitro benzene ring substituents is 1. The van der Waals surface area contributed by atoms with Gasteiger partial charge in [-0.1, -0.05) is 23.7 Å². The number of aromatic nitrogens is 2. The SMILES string of the molecule is Cc1nn(-c2ccc(Cl)cc2)c2sc(C(=O)OCc3cccc([N+](=O)[O-])c3)cc12. The van der Waals surface area contributed by atoms with Gasteiger partial charge in [-0.05, 0) is 42.8 Å². The number of hydrogen-bond acceptors (Lipinski definition) is 6. The molecule has 0 aliphatic rings. The van der Waals surface area contributed by atoms with Crippen LogP contribution in [0.3, 0.4) is 0 Å². The Labute approximate surface area is 174 Å². The summed E-state index contributed by atoms with van der Waals surface area (Å²) in [4.78, 5) is 24.2. The van der Waals surface area contributed by atoms with Gasteiger partial charge in [0, 0.05) is 22.5 Å². The number of nitro groups is 1. The second-order valence-corrected chi connectivity index (χ2v) is 7.77. The molecule has 2 aromatic heterocycles. The van der Waals surface area contributed by atoms with Crippen molar-refractivity contribution in [2.75, 3.05) is 0 Å². The molecular formula is C20H14ClN3O4S. The number of hydrogen-bond donors (Lipinski definition) is 0. The van der Waals surface area contributed by atoms with Crippen molar-refractivity contribution in [3.8, 4) is 5.69 Å². The fourth-order valence-corrected chi connectivity index (χ4v) is 4.09. The van der Waals surface area contributed by atoms with Crippen molar-refractivity contribution in [3.05, 3.63) is 85.9 Å². The Kier molecular flexibility index (Phi) is 5.04. The van der Waals surface area contributed by atoms with Gasteiger partial charge in [0.25, 0.3) is 5.69 Å². The molecule has 4 rings (SSSR count). The molecule has 0 fully saturated rings. The van der Waals surface area contributed by atoms with Crippen LogP contribution in [0.5, 0.6) is 0 Å². The van der Waals surface area contributed by atoms with Crippen molar-refractivity contribution in [1.29, 1.82) is 0 Å². The van der Waals surface area contributed by atoms with Crippen LogP contribution in [0.15, 0.2) is 54.6 Å². The summed E-state index contributed by atoms with van der Waals surface area (Å²) in [5.74, 6) is -0.486. The smallest absolute Gasteiger partial charge is 0.348 e. The maximum Gasteiger partial charge on any atom is 0.348 e. The van der Waals surface area contributed by atoms with E-state index in [9.17, 15) is 14.9 Å². The Hall–Kier alpha value is -3.23. The van der Waals surface area contributed by atoms with Crippen molar-refractivity contribution in [2.45, 2.75) is 13.5 Å². The van der Waals surface area contributed by atoms with Gasteiger partial charge in [0.1, 0.15) is 16.3 Å². The van der Waals surface area contributed by atoms with Crippen molar-refractivity contribution < 1.29 is 14.5 Å². The monoisotopic (exact) mass is 427 g/mol. The molecule has 0 amide bonds. The maximum atomic E-state index is 12.5. The third-order valence-corrected chi connectivity index (χ3v) is 5.65. The van der Waals surface area contributed by atoms with E-state index in [0.717, 1.165) is 21.6 Å². The first-order chi connectivity index (χ1) is 13.9. The lowest BCUT2D eigenvalue weighted by Crippen LogP contribution is -2.03. The fourth-order valence-electron chi connectivity index (χ4n) is 2.88. The van der Waals surface area contributed by atoms with E-state index in [1.807, 2.05) is 19.1 Å². The summed E-state index contributed by atoms with van der Waals surface area (Å²) in [6, 6.07) is 15.0. The predicted molar refractivity (Wildman–Crippen MR) is 111 cm³/mol. The molecule has 0 saturated heterocycles. The van der Waals surface area contributed by atoms with Crippen LogP contribution in [0.2, 0.25) is 5.02 Å². The number of carbonyl (C=O) groups excluding carboxylic acids is 1. The molecule has 0 saturated carbocycles. The van der Waals surface area contributed by atoms with E-state index in [2.05, 4.69) is 5.10 Å². The Morgan fingerprint density at radius 2 is 2.00 bits per heavy atom. The number of esters is 1.